The Bertz CT molecular complexity index is 21.0. The molecule has 0 saturated carbocycles. The van der Waals surface area contributed by atoms with Crippen LogP contribution >= 0.6 is 0 Å². The fraction of sp³-hybridized carbons (Fsp3) is 0. The average Bonchev–Trinajstić information content (AvgIpc) is 0. The Labute approximate surface area is 299 Å². The van der Waals surface area contributed by atoms with Gasteiger partial charge in [0.25, 0.3) is 0 Å². The van der Waals surface area contributed by atoms with Crippen molar-refractivity contribution in [2.75, 3.05) is 0 Å². The second kappa shape index (κ2) is 161. The van der Waals surface area contributed by atoms with Gasteiger partial charge in [0.15, 0.2) is 0 Å². The third-order valence-electron chi connectivity index (χ3n) is 0. The van der Waals surface area contributed by atoms with E-state index in [1.54, 1.807) is 0 Å². The van der Waals surface area contributed by atoms with Crippen LogP contribution < -0.4 is 149 Å². The van der Waals surface area contributed by atoms with Gasteiger partial charge in [-0.05, 0) is 0 Å². The molecule has 16 heteroatoms. The molecular weight excluding hydrogens is 1100 g/mol. The Morgan fingerprint density at radius 3 is 0.312 bits per heavy atom. The molecule has 0 nitrogen and oxygen atoms in total. The van der Waals surface area contributed by atoms with Gasteiger partial charge in [0.1, 0.15) is 0 Å². The van der Waals surface area contributed by atoms with Crippen molar-refractivity contribution in [2.45, 2.75) is 0 Å². The standard InChI is InChI=1S/12ClH.Er.Ho.Tm.Yb/h12*1H;;;;/q;;;;;;;;;;;;4*+3/p-12. The topological polar surface area (TPSA) is 0 Å². The zero-order chi connectivity index (χ0) is 0. The van der Waals surface area contributed by atoms with Gasteiger partial charge in [0.2, 0.25) is 0 Å². The molecule has 0 rings (SSSR count). The second-order valence-electron chi connectivity index (χ2n) is 0. The van der Waals surface area contributed by atoms with Crippen LogP contribution in [0.2, 0.25) is 0 Å². The maximum atomic E-state index is 0. The van der Waals surface area contributed by atoms with Crippen LogP contribution in [-0.2, 0) is 0 Å². The van der Waals surface area contributed by atoms with Gasteiger partial charge in [-0.25, -0.2) is 0 Å². The molecule has 134 valence electrons. The van der Waals surface area contributed by atoms with E-state index in [4.69, 9.17) is 0 Å². The monoisotopic (exact) mass is 1090 g/mol. The minimum Gasteiger partial charge on any atom is -1.00 e. The maximum Gasteiger partial charge on any atom is 3.00 e. The summed E-state index contributed by atoms with van der Waals surface area (Å²) >= 11 is 0. The van der Waals surface area contributed by atoms with Crippen LogP contribution in [0.4, 0.5) is 0 Å². The fourth-order valence-corrected chi connectivity index (χ4v) is 0. The third kappa shape index (κ3) is 141. The smallest absolute Gasteiger partial charge is 1.00 e. The Balaban J connectivity index is 0. The van der Waals surface area contributed by atoms with Crippen LogP contribution in [0.25, 0.3) is 0 Å². The Morgan fingerprint density at radius 2 is 0.312 bits per heavy atom. The zero-order valence-corrected chi connectivity index (χ0v) is 22.0. The van der Waals surface area contributed by atoms with Gasteiger partial charge in [0.05, 0.1) is 0 Å². The molecule has 0 heterocycles. The minimum atomic E-state index is 0. The summed E-state index contributed by atoms with van der Waals surface area (Å²) in [4.78, 5) is 0. The molecule has 0 aromatic carbocycles. The number of hydrogen-bond acceptors (Lipinski definition) is 0. The summed E-state index contributed by atoms with van der Waals surface area (Å²) in [5.41, 5.74) is 0. The molecule has 0 aromatic rings. The molecule has 0 aliphatic rings. The van der Waals surface area contributed by atoms with Gasteiger partial charge < -0.3 is 149 Å². The first-order valence-corrected chi connectivity index (χ1v) is 0. The molecular formula is Cl12ErHoTmYb. The van der Waals surface area contributed by atoms with Crippen molar-refractivity contribution in [2.24, 2.45) is 0 Å². The predicted molar refractivity (Wildman–Crippen MR) is 0 cm³/mol. The van der Waals surface area contributed by atoms with Gasteiger partial charge in [-0.3, -0.25) is 0 Å². The third-order valence-corrected chi connectivity index (χ3v) is 0. The summed E-state index contributed by atoms with van der Waals surface area (Å²) in [5.74, 6) is 0. The Hall–Kier alpha value is 8.74. The minimum absolute atomic E-state index is 0. The van der Waals surface area contributed by atoms with Crippen LogP contribution in [-0.4, -0.2) is 0 Å². The molecule has 16 heavy (non-hydrogen) atoms. The molecule has 0 amide bonds. The van der Waals surface area contributed by atoms with Crippen molar-refractivity contribution in [3.63, 3.8) is 0 Å². The largest absolute Gasteiger partial charge is 3.00 e. The van der Waals surface area contributed by atoms with E-state index >= 15 is 0 Å². The van der Waals surface area contributed by atoms with Gasteiger partial charge in [0, 0.05) is 0 Å². The van der Waals surface area contributed by atoms with Crippen LogP contribution in [0, 0.1) is 159 Å². The normalized spacial score (nSPS) is 0. The van der Waals surface area contributed by atoms with E-state index in [9.17, 15) is 0 Å². The Kier molecular flexibility index (Phi) is 1830. The summed E-state index contributed by atoms with van der Waals surface area (Å²) < 4.78 is 0. The van der Waals surface area contributed by atoms with Gasteiger partial charge in [-0.15, -0.1) is 0 Å². The molecule has 0 aliphatic carbocycles. The van der Waals surface area contributed by atoms with Crippen molar-refractivity contribution in [1.29, 1.82) is 0 Å². The van der Waals surface area contributed by atoms with E-state index in [-0.39, 0.29) is 308 Å². The van der Waals surface area contributed by atoms with Gasteiger partial charge >= 0.3 is 159 Å². The van der Waals surface area contributed by atoms with Crippen LogP contribution in [0.15, 0.2) is 0 Å². The summed E-state index contributed by atoms with van der Waals surface area (Å²) in [6.07, 6.45) is 0. The number of rotatable bonds is 0. The van der Waals surface area contributed by atoms with Crippen molar-refractivity contribution in [1.82, 2.24) is 0 Å². The molecule has 0 saturated heterocycles. The van der Waals surface area contributed by atoms with E-state index < -0.39 is 0 Å². The zero-order valence-electron chi connectivity index (χ0n) is 5.67. The molecule has 0 bridgehead atoms. The molecule has 0 unspecified atom stereocenters. The van der Waals surface area contributed by atoms with E-state index in [2.05, 4.69) is 0 Å². The van der Waals surface area contributed by atoms with Crippen molar-refractivity contribution < 1.29 is 308 Å². The number of halogens is 12. The average molecular weight is 1100 g/mol. The first-order chi connectivity index (χ1) is 0. The van der Waals surface area contributed by atoms with Crippen LogP contribution in [0.1, 0.15) is 0 Å². The van der Waals surface area contributed by atoms with Crippen LogP contribution in [0.3, 0.4) is 0 Å². The fourth-order valence-electron chi connectivity index (χ4n) is 0. The summed E-state index contributed by atoms with van der Waals surface area (Å²) in [7, 11) is 0. The Morgan fingerprint density at radius 1 is 0.312 bits per heavy atom. The van der Waals surface area contributed by atoms with Gasteiger partial charge in [-0.1, -0.05) is 0 Å². The van der Waals surface area contributed by atoms with E-state index in [0.29, 0.717) is 0 Å². The molecule has 2 radical (unpaired) electrons. The molecule has 0 fully saturated rings. The van der Waals surface area contributed by atoms with E-state index in [1.165, 1.54) is 0 Å². The summed E-state index contributed by atoms with van der Waals surface area (Å²) in [6, 6.07) is 0. The number of hydrogen-bond donors (Lipinski definition) is 0. The molecule has 0 N–H and O–H groups in total. The van der Waals surface area contributed by atoms with Crippen molar-refractivity contribution >= 4 is 0 Å². The molecule has 0 spiro atoms. The maximum absolute atomic E-state index is 0. The molecule has 0 aliphatic heterocycles. The van der Waals surface area contributed by atoms with Crippen molar-refractivity contribution in [3.8, 4) is 0 Å². The SMILES string of the molecule is [Cl-].[Cl-].[Cl-].[Cl-].[Cl-].[Cl-].[Cl-].[Cl-].[Cl-].[Cl-].[Cl-].[Cl-].[Er+3].[Ho+3].[Tm+3].[Yb+3]. The summed E-state index contributed by atoms with van der Waals surface area (Å²) in [5, 5.41) is 0. The van der Waals surface area contributed by atoms with Crippen molar-refractivity contribution in [3.05, 3.63) is 0 Å². The first kappa shape index (κ1) is 183. The van der Waals surface area contributed by atoms with Crippen LogP contribution in [0.5, 0.6) is 0 Å². The van der Waals surface area contributed by atoms with E-state index in [1.807, 2.05) is 0 Å². The second-order valence-corrected chi connectivity index (χ2v) is 0. The molecule has 0 aromatic heterocycles. The van der Waals surface area contributed by atoms with E-state index in [0.717, 1.165) is 0 Å². The quantitative estimate of drug-likeness (QED) is 0.212. The first-order valence-electron chi connectivity index (χ1n) is 0. The molecule has 0 atom stereocenters. The summed E-state index contributed by atoms with van der Waals surface area (Å²) in [6.45, 7) is 0. The van der Waals surface area contributed by atoms with Gasteiger partial charge in [-0.2, -0.15) is 0 Å². The predicted octanol–water partition coefficient (Wildman–Crippen LogP) is -36.0.